The maximum Gasteiger partial charge on any atom is 0.412 e. The van der Waals surface area contributed by atoms with E-state index in [0.717, 1.165) is 15.4 Å². The van der Waals surface area contributed by atoms with Crippen LogP contribution >= 0.6 is 11.8 Å². The fraction of sp³-hybridized carbons (Fsp3) is 0.208. The number of hydrogen-bond donors (Lipinski definition) is 2. The van der Waals surface area contributed by atoms with Gasteiger partial charge in [-0.2, -0.15) is 0 Å². The second-order valence-electron chi connectivity index (χ2n) is 7.87. The molecule has 0 spiro atoms. The van der Waals surface area contributed by atoms with E-state index in [1.807, 2.05) is 45.0 Å². The van der Waals surface area contributed by atoms with Crippen LogP contribution in [0, 0.1) is 5.82 Å². The molecule has 7 heteroatoms. The zero-order valence-electron chi connectivity index (χ0n) is 17.6. The minimum Gasteiger partial charge on any atom is -0.489 e. The molecular weight excluding hydrogens is 415 g/mol. The topological polar surface area (TPSA) is 73.6 Å². The smallest absolute Gasteiger partial charge is 0.412 e. The van der Waals surface area contributed by atoms with Crippen molar-refractivity contribution in [3.63, 3.8) is 0 Å². The van der Waals surface area contributed by atoms with E-state index < -0.39 is 11.7 Å². The Morgan fingerprint density at radius 1 is 1.06 bits per heavy atom. The van der Waals surface area contributed by atoms with Gasteiger partial charge in [-0.05, 0) is 74.9 Å². The summed E-state index contributed by atoms with van der Waals surface area (Å²) in [6, 6.07) is 19.1. The Balaban J connectivity index is 1.58. The quantitative estimate of drug-likeness (QED) is 0.429. The van der Waals surface area contributed by atoms with Gasteiger partial charge in [0, 0.05) is 27.2 Å². The molecule has 0 saturated heterocycles. The number of carbonyl (C=O) groups is 1. The van der Waals surface area contributed by atoms with Crippen LogP contribution < -0.4 is 15.8 Å². The van der Waals surface area contributed by atoms with Crippen molar-refractivity contribution in [3.05, 3.63) is 78.1 Å². The Kier molecular flexibility index (Phi) is 7.07. The second-order valence-corrected chi connectivity index (χ2v) is 8.99. The number of halogens is 1. The molecule has 31 heavy (non-hydrogen) atoms. The number of carbonyl (C=O) groups excluding carboxylic acids is 1. The molecule has 0 atom stereocenters. The largest absolute Gasteiger partial charge is 0.489 e. The summed E-state index contributed by atoms with van der Waals surface area (Å²) >= 11 is 1.50. The molecule has 0 aliphatic heterocycles. The number of nitrogens with one attached hydrogen (secondary N) is 1. The second kappa shape index (κ2) is 9.75. The van der Waals surface area contributed by atoms with Crippen LogP contribution in [-0.4, -0.2) is 11.7 Å². The number of rotatable bonds is 6. The van der Waals surface area contributed by atoms with E-state index in [-0.39, 0.29) is 12.4 Å². The normalized spacial score (nSPS) is 11.1. The van der Waals surface area contributed by atoms with Crippen LogP contribution in [0.3, 0.4) is 0 Å². The van der Waals surface area contributed by atoms with Gasteiger partial charge >= 0.3 is 6.09 Å². The van der Waals surface area contributed by atoms with Gasteiger partial charge in [0.15, 0.2) is 0 Å². The molecule has 0 aromatic heterocycles. The average molecular weight is 441 g/mol. The van der Waals surface area contributed by atoms with Crippen molar-refractivity contribution < 1.29 is 18.7 Å². The Hall–Kier alpha value is -3.19. The first-order valence-electron chi connectivity index (χ1n) is 9.73. The van der Waals surface area contributed by atoms with Crippen LogP contribution in [0.15, 0.2) is 76.5 Å². The maximum absolute atomic E-state index is 13.3. The molecule has 0 saturated carbocycles. The summed E-state index contributed by atoms with van der Waals surface area (Å²) in [7, 11) is 0. The van der Waals surface area contributed by atoms with Crippen molar-refractivity contribution in [3.8, 4) is 5.75 Å². The first kappa shape index (κ1) is 22.5. The van der Waals surface area contributed by atoms with Crippen molar-refractivity contribution in [1.82, 2.24) is 0 Å². The summed E-state index contributed by atoms with van der Waals surface area (Å²) in [5.74, 6) is 0.322. The monoisotopic (exact) mass is 440 g/mol. The van der Waals surface area contributed by atoms with Crippen molar-refractivity contribution in [1.29, 1.82) is 0 Å². The first-order valence-corrected chi connectivity index (χ1v) is 10.5. The third-order valence-corrected chi connectivity index (χ3v) is 5.10. The van der Waals surface area contributed by atoms with Crippen LogP contribution in [0.4, 0.5) is 20.6 Å². The van der Waals surface area contributed by atoms with E-state index in [4.69, 9.17) is 15.2 Å². The fourth-order valence-electron chi connectivity index (χ4n) is 2.66. The number of amides is 1. The lowest BCUT2D eigenvalue weighted by atomic mass is 10.2. The highest BCUT2D eigenvalue weighted by Gasteiger charge is 2.16. The van der Waals surface area contributed by atoms with E-state index in [0.29, 0.717) is 17.1 Å². The Morgan fingerprint density at radius 2 is 1.81 bits per heavy atom. The number of ether oxygens (including phenoxy) is 2. The van der Waals surface area contributed by atoms with E-state index in [1.54, 1.807) is 30.3 Å². The van der Waals surface area contributed by atoms with Crippen molar-refractivity contribution >= 4 is 29.2 Å². The highest BCUT2D eigenvalue weighted by Crippen LogP contribution is 2.34. The van der Waals surface area contributed by atoms with Gasteiger partial charge in [0.1, 0.15) is 23.8 Å². The molecule has 1 amide bonds. The summed E-state index contributed by atoms with van der Waals surface area (Å²) in [6.45, 7) is 5.70. The zero-order valence-corrected chi connectivity index (χ0v) is 18.5. The summed E-state index contributed by atoms with van der Waals surface area (Å²) in [4.78, 5) is 13.7. The molecule has 0 radical (unpaired) electrons. The maximum atomic E-state index is 13.3. The molecule has 3 aromatic rings. The first-order chi connectivity index (χ1) is 14.7. The lowest BCUT2D eigenvalue weighted by Crippen LogP contribution is -2.27. The van der Waals surface area contributed by atoms with Gasteiger partial charge in [0.2, 0.25) is 0 Å². The third-order valence-electron chi connectivity index (χ3n) is 4.00. The van der Waals surface area contributed by atoms with E-state index in [2.05, 4.69) is 5.32 Å². The molecule has 0 aliphatic carbocycles. The Labute approximate surface area is 185 Å². The lowest BCUT2D eigenvalue weighted by molar-refractivity contribution is 0.0636. The Bertz CT molecular complexity index is 1050. The van der Waals surface area contributed by atoms with Crippen LogP contribution in [0.25, 0.3) is 0 Å². The zero-order chi connectivity index (χ0) is 22.4. The number of nitrogens with two attached hydrogens (primary N) is 1. The SMILES string of the molecule is CC(C)(C)OC(=O)Nc1ccc(Sc2ccc(OCc3cccc(F)c3)cc2N)cc1. The molecule has 0 aliphatic rings. The van der Waals surface area contributed by atoms with Gasteiger partial charge in [-0.3, -0.25) is 5.32 Å². The van der Waals surface area contributed by atoms with Crippen molar-refractivity contribution in [2.75, 3.05) is 11.1 Å². The van der Waals surface area contributed by atoms with E-state index >= 15 is 0 Å². The molecule has 3 aromatic carbocycles. The highest BCUT2D eigenvalue weighted by molar-refractivity contribution is 7.99. The molecule has 0 fully saturated rings. The molecule has 162 valence electrons. The minimum atomic E-state index is -0.551. The summed E-state index contributed by atoms with van der Waals surface area (Å²) in [6.07, 6.45) is -0.494. The van der Waals surface area contributed by atoms with Gasteiger partial charge in [0.05, 0.1) is 0 Å². The molecule has 5 nitrogen and oxygen atoms in total. The predicted octanol–water partition coefficient (Wildman–Crippen LogP) is 6.49. The molecular formula is C24H25FN2O3S. The third kappa shape index (κ3) is 7.22. The molecule has 0 unspecified atom stereocenters. The molecule has 0 bridgehead atoms. The van der Waals surface area contributed by atoms with Crippen LogP contribution in [0.1, 0.15) is 26.3 Å². The molecule has 3 N–H and O–H groups in total. The number of hydrogen-bond acceptors (Lipinski definition) is 5. The highest BCUT2D eigenvalue weighted by atomic mass is 32.2. The standard InChI is InChI=1S/C24H25FN2O3S/c1-24(2,3)30-23(28)27-18-7-10-20(11-8-18)31-22-12-9-19(14-21(22)26)29-15-16-5-4-6-17(25)13-16/h4-14H,15,26H2,1-3H3,(H,27,28). The molecule has 0 heterocycles. The van der Waals surface area contributed by atoms with E-state index in [9.17, 15) is 9.18 Å². The van der Waals surface area contributed by atoms with E-state index in [1.165, 1.54) is 23.9 Å². The lowest BCUT2D eigenvalue weighted by Gasteiger charge is -2.19. The fourth-order valence-corrected chi connectivity index (χ4v) is 3.50. The van der Waals surface area contributed by atoms with Crippen LogP contribution in [-0.2, 0) is 11.3 Å². The number of nitrogen functional groups attached to an aromatic ring is 1. The van der Waals surface area contributed by atoms with Crippen molar-refractivity contribution in [2.45, 2.75) is 42.8 Å². The van der Waals surface area contributed by atoms with Gasteiger partial charge in [-0.25, -0.2) is 9.18 Å². The van der Waals surface area contributed by atoms with Gasteiger partial charge in [-0.1, -0.05) is 23.9 Å². The predicted molar refractivity (Wildman–Crippen MR) is 122 cm³/mol. The van der Waals surface area contributed by atoms with Gasteiger partial charge in [-0.15, -0.1) is 0 Å². The summed E-state index contributed by atoms with van der Waals surface area (Å²) < 4.78 is 24.2. The number of anilines is 2. The van der Waals surface area contributed by atoms with Crippen LogP contribution in [0.5, 0.6) is 5.75 Å². The Morgan fingerprint density at radius 3 is 2.45 bits per heavy atom. The van der Waals surface area contributed by atoms with Crippen LogP contribution in [0.2, 0.25) is 0 Å². The number of benzene rings is 3. The summed E-state index contributed by atoms with van der Waals surface area (Å²) in [5.41, 5.74) is 7.61. The minimum absolute atomic E-state index is 0.260. The van der Waals surface area contributed by atoms with Gasteiger partial charge in [0.25, 0.3) is 0 Å². The summed E-state index contributed by atoms with van der Waals surface area (Å²) in [5, 5.41) is 2.70. The molecule has 3 rings (SSSR count). The van der Waals surface area contributed by atoms with Crippen molar-refractivity contribution in [2.24, 2.45) is 0 Å². The average Bonchev–Trinajstić information content (AvgIpc) is 2.68. The van der Waals surface area contributed by atoms with Gasteiger partial charge < -0.3 is 15.2 Å².